The molecular weight excluding hydrogens is 289 g/mol. The van der Waals surface area contributed by atoms with Crippen molar-refractivity contribution < 1.29 is 26.8 Å². The first-order chi connectivity index (χ1) is 8.53. The van der Waals surface area contributed by atoms with Crippen LogP contribution in [0.15, 0.2) is 5.16 Å². The molecule has 0 aliphatic heterocycles. The predicted molar refractivity (Wildman–Crippen MR) is 62.8 cm³/mol. The third kappa shape index (κ3) is 6.59. The second kappa shape index (κ2) is 6.91. The Balaban J connectivity index is 4.76. The maximum Gasteiger partial charge on any atom is 0.402 e. The van der Waals surface area contributed by atoms with E-state index in [9.17, 15) is 21.6 Å². The summed E-state index contributed by atoms with van der Waals surface area (Å²) in [4.78, 5) is 0. The van der Waals surface area contributed by atoms with Crippen molar-refractivity contribution in [3.8, 4) is 0 Å². The SMILES string of the molecule is CCN(CC(C)C(N)=NO)S(=O)(=O)NCC(F)(F)F. The second-order valence-corrected chi connectivity index (χ2v) is 5.57. The van der Waals surface area contributed by atoms with Crippen molar-refractivity contribution in [3.63, 3.8) is 0 Å². The fraction of sp³-hybridized carbons (Fsp3) is 0.875. The molecule has 4 N–H and O–H groups in total. The molecule has 0 saturated heterocycles. The molecule has 0 aromatic heterocycles. The van der Waals surface area contributed by atoms with Gasteiger partial charge in [-0.05, 0) is 0 Å². The van der Waals surface area contributed by atoms with Crippen LogP contribution < -0.4 is 10.5 Å². The Morgan fingerprint density at radius 3 is 2.42 bits per heavy atom. The Morgan fingerprint density at radius 2 is 2.05 bits per heavy atom. The highest BCUT2D eigenvalue weighted by atomic mass is 32.2. The van der Waals surface area contributed by atoms with Gasteiger partial charge in [-0.15, -0.1) is 0 Å². The fourth-order valence-electron chi connectivity index (χ4n) is 1.16. The van der Waals surface area contributed by atoms with E-state index in [-0.39, 0.29) is 18.9 Å². The number of halogens is 3. The van der Waals surface area contributed by atoms with Crippen molar-refractivity contribution in [1.29, 1.82) is 0 Å². The smallest absolute Gasteiger partial charge is 0.402 e. The van der Waals surface area contributed by atoms with E-state index in [1.807, 2.05) is 0 Å². The number of alkyl halides is 3. The zero-order valence-electron chi connectivity index (χ0n) is 10.5. The van der Waals surface area contributed by atoms with Crippen LogP contribution in [0.25, 0.3) is 0 Å². The van der Waals surface area contributed by atoms with Gasteiger partial charge in [0.1, 0.15) is 12.4 Å². The van der Waals surface area contributed by atoms with Crippen LogP contribution in [0.1, 0.15) is 13.8 Å². The molecular formula is C8H17F3N4O3S. The predicted octanol–water partition coefficient (Wildman–Crippen LogP) is 0.0875. The van der Waals surface area contributed by atoms with Gasteiger partial charge in [0.2, 0.25) is 0 Å². The molecule has 0 rings (SSSR count). The Bertz CT molecular complexity index is 410. The minimum Gasteiger partial charge on any atom is -0.409 e. The van der Waals surface area contributed by atoms with Crippen molar-refractivity contribution in [1.82, 2.24) is 9.03 Å². The Kier molecular flexibility index (Phi) is 6.52. The van der Waals surface area contributed by atoms with Crippen LogP contribution in [0.5, 0.6) is 0 Å². The van der Waals surface area contributed by atoms with E-state index in [2.05, 4.69) is 5.16 Å². The topological polar surface area (TPSA) is 108 Å². The second-order valence-electron chi connectivity index (χ2n) is 3.82. The highest BCUT2D eigenvalue weighted by molar-refractivity contribution is 7.87. The van der Waals surface area contributed by atoms with Crippen molar-refractivity contribution >= 4 is 16.0 Å². The maximum absolute atomic E-state index is 12.0. The van der Waals surface area contributed by atoms with E-state index >= 15 is 0 Å². The number of nitrogens with two attached hydrogens (primary N) is 1. The van der Waals surface area contributed by atoms with E-state index in [0.29, 0.717) is 0 Å². The molecule has 0 aliphatic carbocycles. The van der Waals surface area contributed by atoms with E-state index in [4.69, 9.17) is 10.9 Å². The average molecular weight is 306 g/mol. The summed E-state index contributed by atoms with van der Waals surface area (Å²) in [5.74, 6) is -0.836. The molecule has 0 aromatic rings. The summed E-state index contributed by atoms with van der Waals surface area (Å²) in [5, 5.41) is 11.1. The number of nitrogens with one attached hydrogen (secondary N) is 1. The average Bonchev–Trinajstić information content (AvgIpc) is 2.31. The lowest BCUT2D eigenvalue weighted by atomic mass is 10.1. The number of oxime groups is 1. The van der Waals surface area contributed by atoms with Crippen LogP contribution >= 0.6 is 0 Å². The molecule has 114 valence electrons. The van der Waals surface area contributed by atoms with Crippen LogP contribution in [0.2, 0.25) is 0 Å². The number of hydrogen-bond donors (Lipinski definition) is 3. The van der Waals surface area contributed by atoms with E-state index in [1.54, 1.807) is 0 Å². The molecule has 0 saturated carbocycles. The van der Waals surface area contributed by atoms with Crippen molar-refractivity contribution in [2.24, 2.45) is 16.8 Å². The normalized spacial score (nSPS) is 15.8. The molecule has 7 nitrogen and oxygen atoms in total. The molecule has 1 atom stereocenters. The molecule has 0 aliphatic rings. The summed E-state index contributed by atoms with van der Waals surface area (Å²) in [7, 11) is -4.27. The van der Waals surface area contributed by atoms with Crippen LogP contribution in [-0.4, -0.2) is 49.6 Å². The van der Waals surface area contributed by atoms with E-state index in [0.717, 1.165) is 4.31 Å². The summed E-state index contributed by atoms with van der Waals surface area (Å²) in [6.45, 7) is 1.06. The lowest BCUT2D eigenvalue weighted by molar-refractivity contribution is -0.121. The Morgan fingerprint density at radius 1 is 1.53 bits per heavy atom. The number of amidine groups is 1. The van der Waals surface area contributed by atoms with Gasteiger partial charge in [-0.25, -0.2) is 0 Å². The van der Waals surface area contributed by atoms with Gasteiger partial charge in [-0.1, -0.05) is 19.0 Å². The van der Waals surface area contributed by atoms with Crippen LogP contribution in [0, 0.1) is 5.92 Å². The van der Waals surface area contributed by atoms with Gasteiger partial charge in [0.25, 0.3) is 10.2 Å². The van der Waals surface area contributed by atoms with Gasteiger partial charge in [-0.2, -0.15) is 30.6 Å². The number of rotatable bonds is 7. The van der Waals surface area contributed by atoms with Gasteiger partial charge in [0.05, 0.1) is 0 Å². The monoisotopic (exact) mass is 306 g/mol. The summed E-state index contributed by atoms with van der Waals surface area (Å²) in [6.07, 6.45) is -4.64. The van der Waals surface area contributed by atoms with Gasteiger partial charge in [-0.3, -0.25) is 0 Å². The zero-order valence-corrected chi connectivity index (χ0v) is 11.3. The molecule has 0 radical (unpaired) electrons. The minimum absolute atomic E-state index is 0.0454. The number of hydrogen-bond acceptors (Lipinski definition) is 4. The quantitative estimate of drug-likeness (QED) is 0.268. The Labute approximate surface area is 109 Å². The van der Waals surface area contributed by atoms with Crippen LogP contribution in [0.4, 0.5) is 13.2 Å². The highest BCUT2D eigenvalue weighted by Gasteiger charge is 2.32. The summed E-state index contributed by atoms with van der Waals surface area (Å²) < 4.78 is 61.4. The first-order valence-corrected chi connectivity index (χ1v) is 6.76. The molecule has 0 spiro atoms. The van der Waals surface area contributed by atoms with Crippen LogP contribution in [-0.2, 0) is 10.2 Å². The molecule has 0 bridgehead atoms. The molecule has 0 heterocycles. The highest BCUT2D eigenvalue weighted by Crippen LogP contribution is 2.14. The summed E-state index contributed by atoms with van der Waals surface area (Å²) in [6, 6.07) is 0. The molecule has 0 aromatic carbocycles. The molecule has 0 fully saturated rings. The molecule has 19 heavy (non-hydrogen) atoms. The van der Waals surface area contributed by atoms with Crippen molar-refractivity contribution in [2.75, 3.05) is 19.6 Å². The largest absolute Gasteiger partial charge is 0.409 e. The van der Waals surface area contributed by atoms with Gasteiger partial charge < -0.3 is 10.9 Å². The van der Waals surface area contributed by atoms with Crippen molar-refractivity contribution in [2.45, 2.75) is 20.0 Å². The summed E-state index contributed by atoms with van der Waals surface area (Å²) in [5.41, 5.74) is 5.28. The number of nitrogens with zero attached hydrogens (tertiary/aromatic N) is 2. The molecule has 1 unspecified atom stereocenters. The first-order valence-electron chi connectivity index (χ1n) is 5.32. The van der Waals surface area contributed by atoms with E-state index in [1.165, 1.54) is 18.6 Å². The van der Waals surface area contributed by atoms with E-state index < -0.39 is 28.8 Å². The minimum atomic E-state index is -4.64. The Hall–Kier alpha value is -1.07. The zero-order chi connectivity index (χ0) is 15.3. The van der Waals surface area contributed by atoms with Gasteiger partial charge in [0, 0.05) is 19.0 Å². The third-order valence-electron chi connectivity index (χ3n) is 2.25. The molecule has 0 amide bonds. The van der Waals surface area contributed by atoms with Gasteiger partial charge >= 0.3 is 6.18 Å². The van der Waals surface area contributed by atoms with Crippen LogP contribution in [0.3, 0.4) is 0 Å². The fourth-order valence-corrected chi connectivity index (χ4v) is 2.45. The first kappa shape index (κ1) is 17.9. The standard InChI is InChI=1S/C8H17F3N4O3S/c1-3-15(4-6(2)7(12)14-16)19(17,18)13-5-8(9,10)11/h6,13,16H,3-5H2,1-2H3,(H2,12,14). The van der Waals surface area contributed by atoms with Gasteiger partial charge in [0.15, 0.2) is 0 Å². The summed E-state index contributed by atoms with van der Waals surface area (Å²) >= 11 is 0. The molecule has 11 heteroatoms. The van der Waals surface area contributed by atoms with Crippen molar-refractivity contribution in [3.05, 3.63) is 0 Å². The third-order valence-corrected chi connectivity index (χ3v) is 3.84. The maximum atomic E-state index is 12.0. The lowest BCUT2D eigenvalue weighted by Crippen LogP contribution is -2.47. The lowest BCUT2D eigenvalue weighted by Gasteiger charge is -2.23.